The Balaban J connectivity index is 2.06. The van der Waals surface area contributed by atoms with Crippen molar-refractivity contribution < 1.29 is 4.42 Å². The van der Waals surface area contributed by atoms with E-state index in [1.54, 1.807) is 6.26 Å². The highest BCUT2D eigenvalue weighted by Crippen LogP contribution is 2.03. The Morgan fingerprint density at radius 2 is 2.27 bits per heavy atom. The second-order valence-corrected chi connectivity index (χ2v) is 4.30. The van der Waals surface area contributed by atoms with Crippen LogP contribution in [0.3, 0.4) is 0 Å². The number of furan rings is 1. The molecule has 0 aliphatic heterocycles. The molecule has 0 saturated carbocycles. The zero-order chi connectivity index (χ0) is 11.1. The molecule has 0 aliphatic carbocycles. The van der Waals surface area contributed by atoms with Crippen LogP contribution in [0.15, 0.2) is 22.8 Å². The molecule has 0 amide bonds. The summed E-state index contributed by atoms with van der Waals surface area (Å²) in [5.74, 6) is 1.06. The predicted molar refractivity (Wildman–Crippen MR) is 63.0 cm³/mol. The Morgan fingerprint density at radius 3 is 2.87 bits per heavy atom. The van der Waals surface area contributed by atoms with Crippen LogP contribution in [-0.2, 0) is 6.42 Å². The van der Waals surface area contributed by atoms with Gasteiger partial charge in [0.25, 0.3) is 0 Å². The number of nitrogens with one attached hydrogen (secondary N) is 1. The first-order valence-electron chi connectivity index (χ1n) is 5.59. The van der Waals surface area contributed by atoms with Gasteiger partial charge in [-0.05, 0) is 52.7 Å². The van der Waals surface area contributed by atoms with E-state index in [2.05, 4.69) is 31.2 Å². The summed E-state index contributed by atoms with van der Waals surface area (Å²) in [6.45, 7) is 4.40. The van der Waals surface area contributed by atoms with Gasteiger partial charge in [-0.1, -0.05) is 0 Å². The molecule has 0 spiro atoms. The first-order chi connectivity index (χ1) is 7.18. The molecule has 1 unspecified atom stereocenters. The average Bonchev–Trinajstić information content (AvgIpc) is 2.64. The third-order valence-corrected chi connectivity index (χ3v) is 2.36. The van der Waals surface area contributed by atoms with Crippen LogP contribution < -0.4 is 5.32 Å². The van der Waals surface area contributed by atoms with Crippen molar-refractivity contribution in [2.24, 2.45) is 0 Å². The first-order valence-corrected chi connectivity index (χ1v) is 5.59. The third kappa shape index (κ3) is 5.60. The Morgan fingerprint density at radius 1 is 1.47 bits per heavy atom. The Labute approximate surface area is 92.5 Å². The zero-order valence-electron chi connectivity index (χ0n) is 9.99. The molecule has 1 aromatic rings. The fourth-order valence-corrected chi connectivity index (χ4v) is 1.55. The number of nitrogens with zero attached hydrogens (tertiary/aromatic N) is 1. The minimum atomic E-state index is 0.485. The van der Waals surface area contributed by atoms with Crippen LogP contribution in [0.4, 0.5) is 0 Å². The van der Waals surface area contributed by atoms with Gasteiger partial charge in [0.15, 0.2) is 0 Å². The molecular weight excluding hydrogens is 188 g/mol. The molecule has 1 heterocycles. The second-order valence-electron chi connectivity index (χ2n) is 4.30. The lowest BCUT2D eigenvalue weighted by molar-refractivity contribution is 0.384. The van der Waals surface area contributed by atoms with Crippen LogP contribution in [0.1, 0.15) is 19.1 Å². The zero-order valence-corrected chi connectivity index (χ0v) is 9.99. The van der Waals surface area contributed by atoms with Crippen molar-refractivity contribution in [3.63, 3.8) is 0 Å². The fraction of sp³-hybridized carbons (Fsp3) is 0.667. The van der Waals surface area contributed by atoms with Crippen molar-refractivity contribution in [2.75, 3.05) is 27.2 Å². The van der Waals surface area contributed by atoms with Gasteiger partial charge in [0, 0.05) is 12.5 Å². The molecule has 0 bridgehead atoms. The second kappa shape index (κ2) is 6.64. The van der Waals surface area contributed by atoms with Gasteiger partial charge in [-0.2, -0.15) is 0 Å². The molecule has 86 valence electrons. The highest BCUT2D eigenvalue weighted by atomic mass is 16.3. The summed E-state index contributed by atoms with van der Waals surface area (Å²) < 4.78 is 5.30. The van der Waals surface area contributed by atoms with E-state index < -0.39 is 0 Å². The lowest BCUT2D eigenvalue weighted by Gasteiger charge is -2.14. The largest absolute Gasteiger partial charge is 0.469 e. The molecule has 0 fully saturated rings. The van der Waals surface area contributed by atoms with E-state index in [0.29, 0.717) is 6.04 Å². The minimum absolute atomic E-state index is 0.485. The van der Waals surface area contributed by atoms with Gasteiger partial charge >= 0.3 is 0 Å². The van der Waals surface area contributed by atoms with E-state index in [4.69, 9.17) is 4.42 Å². The maximum absolute atomic E-state index is 5.30. The van der Waals surface area contributed by atoms with Crippen molar-refractivity contribution >= 4 is 0 Å². The molecular formula is C12H22N2O. The molecule has 3 nitrogen and oxygen atoms in total. The van der Waals surface area contributed by atoms with Crippen molar-refractivity contribution in [1.82, 2.24) is 10.2 Å². The van der Waals surface area contributed by atoms with Gasteiger partial charge in [-0.3, -0.25) is 0 Å². The molecule has 3 heteroatoms. The maximum atomic E-state index is 5.30. The number of hydrogen-bond acceptors (Lipinski definition) is 3. The monoisotopic (exact) mass is 210 g/mol. The summed E-state index contributed by atoms with van der Waals surface area (Å²) in [7, 11) is 4.21. The van der Waals surface area contributed by atoms with Crippen molar-refractivity contribution in [1.29, 1.82) is 0 Å². The van der Waals surface area contributed by atoms with Gasteiger partial charge < -0.3 is 14.6 Å². The summed E-state index contributed by atoms with van der Waals surface area (Å²) in [5.41, 5.74) is 0. The molecule has 1 N–H and O–H groups in total. The maximum Gasteiger partial charge on any atom is 0.105 e. The Bertz CT molecular complexity index is 244. The fourth-order valence-electron chi connectivity index (χ4n) is 1.55. The van der Waals surface area contributed by atoms with E-state index in [-0.39, 0.29) is 0 Å². The highest BCUT2D eigenvalue weighted by Gasteiger charge is 2.04. The van der Waals surface area contributed by atoms with E-state index in [1.165, 1.54) is 6.42 Å². The lowest BCUT2D eigenvalue weighted by Crippen LogP contribution is -2.30. The summed E-state index contributed by atoms with van der Waals surface area (Å²) in [6.07, 6.45) is 3.89. The van der Waals surface area contributed by atoms with E-state index >= 15 is 0 Å². The van der Waals surface area contributed by atoms with E-state index in [0.717, 1.165) is 25.3 Å². The molecule has 1 aromatic heterocycles. The molecule has 0 aliphatic rings. The highest BCUT2D eigenvalue weighted by molar-refractivity contribution is 4.99. The summed E-state index contributed by atoms with van der Waals surface area (Å²) >= 11 is 0. The quantitative estimate of drug-likeness (QED) is 0.695. The standard InChI is InChI=1S/C12H22N2O/c1-11(10-12-6-4-9-15-12)13-7-5-8-14(2)3/h4,6,9,11,13H,5,7-8,10H2,1-3H3. The third-order valence-electron chi connectivity index (χ3n) is 2.36. The van der Waals surface area contributed by atoms with Gasteiger partial charge in [0.2, 0.25) is 0 Å². The molecule has 1 atom stereocenters. The van der Waals surface area contributed by atoms with E-state index in [9.17, 15) is 0 Å². The van der Waals surface area contributed by atoms with Crippen molar-refractivity contribution in [2.45, 2.75) is 25.8 Å². The van der Waals surface area contributed by atoms with Gasteiger partial charge in [-0.25, -0.2) is 0 Å². The van der Waals surface area contributed by atoms with Crippen LogP contribution in [0, 0.1) is 0 Å². The van der Waals surface area contributed by atoms with Crippen molar-refractivity contribution in [3.05, 3.63) is 24.2 Å². The predicted octanol–water partition coefficient (Wildman–Crippen LogP) is 1.75. The van der Waals surface area contributed by atoms with Crippen LogP contribution in [0.25, 0.3) is 0 Å². The van der Waals surface area contributed by atoms with Crippen molar-refractivity contribution in [3.8, 4) is 0 Å². The van der Waals surface area contributed by atoms with Gasteiger partial charge in [0.05, 0.1) is 6.26 Å². The van der Waals surface area contributed by atoms with Crippen LogP contribution in [0.2, 0.25) is 0 Å². The molecule has 0 radical (unpaired) electrons. The average molecular weight is 210 g/mol. The summed E-state index contributed by atoms with van der Waals surface area (Å²) in [6, 6.07) is 4.45. The smallest absolute Gasteiger partial charge is 0.105 e. The Hall–Kier alpha value is -0.800. The Kier molecular flexibility index (Phi) is 5.43. The molecule has 1 rings (SSSR count). The number of rotatable bonds is 7. The normalized spacial score (nSPS) is 13.3. The first kappa shape index (κ1) is 12.3. The number of hydrogen-bond donors (Lipinski definition) is 1. The molecule has 0 saturated heterocycles. The molecule has 0 aromatic carbocycles. The summed E-state index contributed by atoms with van der Waals surface area (Å²) in [5, 5.41) is 3.49. The van der Waals surface area contributed by atoms with Gasteiger partial charge in [0.1, 0.15) is 5.76 Å². The lowest BCUT2D eigenvalue weighted by atomic mass is 10.2. The van der Waals surface area contributed by atoms with Crippen LogP contribution >= 0.6 is 0 Å². The van der Waals surface area contributed by atoms with E-state index in [1.807, 2.05) is 12.1 Å². The topological polar surface area (TPSA) is 28.4 Å². The van der Waals surface area contributed by atoms with Crippen LogP contribution in [0.5, 0.6) is 0 Å². The summed E-state index contributed by atoms with van der Waals surface area (Å²) in [4.78, 5) is 2.21. The van der Waals surface area contributed by atoms with Crippen LogP contribution in [-0.4, -0.2) is 38.1 Å². The minimum Gasteiger partial charge on any atom is -0.469 e. The van der Waals surface area contributed by atoms with Gasteiger partial charge in [-0.15, -0.1) is 0 Å². The SMILES string of the molecule is CC(Cc1ccco1)NCCCN(C)C. The molecule has 15 heavy (non-hydrogen) atoms.